The Balaban J connectivity index is 0.000000318. The zero-order valence-electron chi connectivity index (χ0n) is 18.0. The van der Waals surface area contributed by atoms with Crippen molar-refractivity contribution < 1.29 is 30.0 Å². The molecule has 2 aromatic heterocycles. The van der Waals surface area contributed by atoms with Gasteiger partial charge in [-0.05, 0) is 36.7 Å². The Kier molecular flexibility index (Phi) is 7.57. The molecule has 32 heavy (non-hydrogen) atoms. The Morgan fingerprint density at radius 3 is 2.47 bits per heavy atom. The average Bonchev–Trinajstić information content (AvgIpc) is 3.22. The number of aromatic nitrogens is 1. The Morgan fingerprint density at radius 2 is 1.75 bits per heavy atom. The molecule has 0 saturated carbocycles. The van der Waals surface area contributed by atoms with Crippen molar-refractivity contribution in [2.75, 3.05) is 0 Å². The van der Waals surface area contributed by atoms with Gasteiger partial charge in [-0.3, -0.25) is 9.78 Å². The summed E-state index contributed by atoms with van der Waals surface area (Å²) in [6.45, 7) is 4.99. The van der Waals surface area contributed by atoms with Crippen LogP contribution < -0.4 is 0 Å². The number of aliphatic hydroxyl groups excluding tert-OH is 1. The van der Waals surface area contributed by atoms with Gasteiger partial charge in [-0.2, -0.15) is 0 Å². The monoisotopic (exact) mass is 617 g/mol. The maximum atomic E-state index is 10.0. The van der Waals surface area contributed by atoms with Gasteiger partial charge in [-0.25, -0.2) is 0 Å². The van der Waals surface area contributed by atoms with Crippen molar-refractivity contribution in [1.29, 1.82) is 0 Å². The van der Waals surface area contributed by atoms with E-state index in [4.69, 9.17) is 10.1 Å². The fraction of sp³-hybridized carbons (Fsp3) is 0.111. The molecule has 1 N–H and O–H groups in total. The molecular weight excluding hydrogens is 595 g/mol. The number of carbonyl (C=O) groups is 1. The second-order valence-electron chi connectivity index (χ2n) is 7.45. The van der Waals surface area contributed by atoms with E-state index in [0.717, 1.165) is 22.2 Å². The topological polar surface area (TPSA) is 50.2 Å². The van der Waals surface area contributed by atoms with Crippen LogP contribution in [0.3, 0.4) is 0 Å². The second-order valence-corrected chi connectivity index (χ2v) is 8.37. The predicted octanol–water partition coefficient (Wildman–Crippen LogP) is 7.41. The minimum atomic E-state index is -0.125. The summed E-state index contributed by atoms with van der Waals surface area (Å²) in [5, 5.41) is 15.3. The van der Waals surface area contributed by atoms with E-state index in [-0.39, 0.29) is 31.6 Å². The molecule has 5 aromatic rings. The van der Waals surface area contributed by atoms with Crippen molar-refractivity contribution in [1.82, 2.24) is 4.98 Å². The van der Waals surface area contributed by atoms with Crippen LogP contribution in [0.5, 0.6) is 0 Å². The van der Waals surface area contributed by atoms with Crippen LogP contribution in [0.15, 0.2) is 77.9 Å². The zero-order valence-corrected chi connectivity index (χ0v) is 21.2. The van der Waals surface area contributed by atoms with Crippen LogP contribution in [-0.2, 0) is 24.9 Å². The predicted molar refractivity (Wildman–Crippen MR) is 131 cm³/mol. The third kappa shape index (κ3) is 4.96. The van der Waals surface area contributed by atoms with Gasteiger partial charge in [0.05, 0.1) is 11.3 Å². The summed E-state index contributed by atoms with van der Waals surface area (Å²) in [5.74, 6) is -0.0625. The maximum Gasteiger partial charge on any atom is 0.155 e. The smallest absolute Gasteiger partial charge is 0.155 e. The zero-order chi connectivity index (χ0) is 22.0. The Morgan fingerprint density at radius 1 is 1.03 bits per heavy atom. The van der Waals surface area contributed by atoms with Gasteiger partial charge in [0.15, 0.2) is 5.78 Å². The van der Waals surface area contributed by atoms with Gasteiger partial charge in [0.2, 0.25) is 0 Å². The average molecular weight is 617 g/mol. The summed E-state index contributed by atoms with van der Waals surface area (Å²) in [6.07, 6.45) is 1.17. The normalized spacial score (nSPS) is 11.2. The van der Waals surface area contributed by atoms with E-state index >= 15 is 0 Å². The molecule has 5 rings (SSSR count). The van der Waals surface area contributed by atoms with Crippen molar-refractivity contribution in [3.63, 3.8) is 0 Å². The number of aliphatic hydroxyl groups is 1. The third-order valence-electron chi connectivity index (χ3n) is 4.94. The summed E-state index contributed by atoms with van der Waals surface area (Å²) in [7, 11) is 0. The van der Waals surface area contributed by atoms with E-state index in [9.17, 15) is 4.79 Å². The number of hydrogen-bond acceptors (Lipinski definition) is 4. The second kappa shape index (κ2) is 10.2. The van der Waals surface area contributed by atoms with E-state index in [2.05, 4.69) is 79.0 Å². The molecule has 0 aliphatic carbocycles. The molecule has 1 radical (unpaired) electrons. The number of para-hydroxylation sites is 1. The van der Waals surface area contributed by atoms with Crippen LogP contribution in [0.4, 0.5) is 0 Å². The van der Waals surface area contributed by atoms with E-state index in [1.807, 2.05) is 0 Å². The van der Waals surface area contributed by atoms with Gasteiger partial charge < -0.3 is 5.11 Å². The number of pyridine rings is 1. The number of thiophene rings is 1. The van der Waals surface area contributed by atoms with E-state index in [0.29, 0.717) is 0 Å². The molecule has 0 bridgehead atoms. The molecule has 0 aliphatic heterocycles. The molecule has 3 aromatic carbocycles. The molecule has 0 spiro atoms. The number of ketones is 1. The first-order chi connectivity index (χ1) is 14.9. The molecule has 0 fully saturated rings. The standard InChI is InChI=1S/C22H14NS.C5H8O2.Ir/c1-14-12-15-6-2-3-7-16(15)13-19(14)21-18-10-11-24-22(18)17-8-4-5-9-20(17)23-21;1-4(6)3-5(2)7;/h2-12H,1H3;3,6H,1-2H3;/q-1;;/b;4-3-;. The fourth-order valence-electron chi connectivity index (χ4n) is 3.65. The van der Waals surface area contributed by atoms with Gasteiger partial charge >= 0.3 is 0 Å². The van der Waals surface area contributed by atoms with E-state index < -0.39 is 0 Å². The number of hydrogen-bond donors (Lipinski definition) is 1. The van der Waals surface area contributed by atoms with Crippen molar-refractivity contribution in [2.24, 2.45) is 0 Å². The summed E-state index contributed by atoms with van der Waals surface area (Å²) in [4.78, 5) is 15.0. The molecule has 0 aliphatic rings. The minimum absolute atomic E-state index is 0. The van der Waals surface area contributed by atoms with Gasteiger partial charge in [0.25, 0.3) is 0 Å². The first-order valence-corrected chi connectivity index (χ1v) is 10.9. The van der Waals surface area contributed by atoms with Crippen molar-refractivity contribution >= 4 is 48.9 Å². The number of nitrogens with zero attached hydrogens (tertiary/aromatic N) is 1. The molecule has 3 nitrogen and oxygen atoms in total. The summed E-state index contributed by atoms with van der Waals surface area (Å²) in [5.41, 5.74) is 4.39. The molecule has 0 unspecified atom stereocenters. The summed E-state index contributed by atoms with van der Waals surface area (Å²) in [6, 6.07) is 24.8. The number of carbonyl (C=O) groups excluding carboxylic acids is 1. The van der Waals surface area contributed by atoms with Crippen LogP contribution in [-0.4, -0.2) is 15.9 Å². The first kappa shape index (κ1) is 23.8. The molecule has 163 valence electrons. The molecule has 0 saturated heterocycles. The Hall–Kier alpha value is -2.85. The van der Waals surface area contributed by atoms with Gasteiger partial charge in [-0.1, -0.05) is 54.3 Å². The van der Waals surface area contributed by atoms with E-state index in [1.165, 1.54) is 46.3 Å². The fourth-order valence-corrected chi connectivity index (χ4v) is 4.59. The number of allylic oxidation sites excluding steroid dienone is 2. The third-order valence-corrected chi connectivity index (χ3v) is 5.88. The molecule has 0 amide bonds. The van der Waals surface area contributed by atoms with Crippen LogP contribution in [0, 0.1) is 13.0 Å². The quantitative estimate of drug-likeness (QED) is 0.128. The van der Waals surface area contributed by atoms with Crippen LogP contribution in [0.2, 0.25) is 0 Å². The van der Waals surface area contributed by atoms with Crippen LogP contribution in [0.25, 0.3) is 43.0 Å². The molecule has 2 heterocycles. The van der Waals surface area contributed by atoms with Crippen LogP contribution in [0.1, 0.15) is 19.4 Å². The van der Waals surface area contributed by atoms with Crippen molar-refractivity contribution in [2.45, 2.75) is 20.8 Å². The van der Waals surface area contributed by atoms with Crippen LogP contribution >= 0.6 is 11.3 Å². The Labute approximate surface area is 204 Å². The molecule has 5 heteroatoms. The Bertz CT molecular complexity index is 1450. The van der Waals surface area contributed by atoms with Crippen molar-refractivity contribution in [3.05, 3.63) is 89.5 Å². The SMILES string of the molecule is CC(=O)/C=C(/C)O.Cc1cc2ccccc2[c-]c1-c1nc2ccccc2c2sccc12.[Ir]. The minimum Gasteiger partial charge on any atom is -0.512 e. The number of aryl methyl sites for hydroxylation is 1. The van der Waals surface area contributed by atoms with Gasteiger partial charge in [0, 0.05) is 42.0 Å². The molecule has 0 atom stereocenters. The van der Waals surface area contributed by atoms with Crippen molar-refractivity contribution in [3.8, 4) is 11.3 Å². The number of rotatable bonds is 2. The summed E-state index contributed by atoms with van der Waals surface area (Å²) < 4.78 is 1.30. The number of benzene rings is 3. The molecular formula is C27H22IrNO2S-. The van der Waals surface area contributed by atoms with Gasteiger partial charge in [-0.15, -0.1) is 40.5 Å². The largest absolute Gasteiger partial charge is 0.512 e. The summed E-state index contributed by atoms with van der Waals surface area (Å²) >= 11 is 1.78. The van der Waals surface area contributed by atoms with E-state index in [1.54, 1.807) is 11.3 Å². The number of fused-ring (bicyclic) bond motifs is 4. The first-order valence-electron chi connectivity index (χ1n) is 10.00. The van der Waals surface area contributed by atoms with Gasteiger partial charge in [0.1, 0.15) is 0 Å². The maximum absolute atomic E-state index is 10.0.